The third-order valence-electron chi connectivity index (χ3n) is 10.5. The van der Waals surface area contributed by atoms with Gasteiger partial charge in [0.1, 0.15) is 36.8 Å². The molecule has 1 saturated carbocycles. The Morgan fingerprint density at radius 2 is 1.39 bits per heavy atom. The van der Waals surface area contributed by atoms with Gasteiger partial charge in [0, 0.05) is 44.2 Å². The van der Waals surface area contributed by atoms with Gasteiger partial charge in [0.05, 0.1) is 109 Å². The highest BCUT2D eigenvalue weighted by Crippen LogP contribution is 2.36. The van der Waals surface area contributed by atoms with Crippen LogP contribution in [0, 0.1) is 0 Å². The molecule has 1 aromatic carbocycles. The Balaban J connectivity index is 0.977. The van der Waals surface area contributed by atoms with Gasteiger partial charge in [-0.05, 0) is 64.2 Å². The molecule has 1 aliphatic heterocycles. The van der Waals surface area contributed by atoms with Gasteiger partial charge in [0.2, 0.25) is 5.95 Å². The van der Waals surface area contributed by atoms with Gasteiger partial charge in [-0.2, -0.15) is 5.10 Å². The molecule has 6 rings (SSSR count). The van der Waals surface area contributed by atoms with Crippen molar-refractivity contribution in [3.05, 3.63) is 54.5 Å². The smallest absolute Gasteiger partial charge is 0.257 e. The van der Waals surface area contributed by atoms with Crippen molar-refractivity contribution >= 4 is 23.2 Å². The van der Waals surface area contributed by atoms with Crippen molar-refractivity contribution in [2.24, 2.45) is 0 Å². The summed E-state index contributed by atoms with van der Waals surface area (Å²) >= 11 is 6.51. The van der Waals surface area contributed by atoms with Gasteiger partial charge >= 0.3 is 0 Å². The maximum Gasteiger partial charge on any atom is 0.257 e. The first-order valence-corrected chi connectivity index (χ1v) is 22.1. The second kappa shape index (κ2) is 26.0. The van der Waals surface area contributed by atoms with Crippen molar-refractivity contribution in [2.45, 2.75) is 83.4 Å². The molecule has 1 saturated heterocycles. The molecule has 342 valence electrons. The standard InChI is InChI=1S/C43H64ClN9O9/c1-32-26-51(27-33(2)61-32)37-6-8-38(9-7-37)53-29-40(42(50-53)60-22-21-59-20-19-58-18-17-57-16-15-56-14-13-55-12-11-54-4)49-43-46-24-36(25-47-43)35-5-10-39(44)41(23-35)62-34(3)28-52-31-45-30-48-52/h5,10,23-25,29-34,37-38H,6-9,11-22,26-28H2,1-4H3,(H,46,47,49)/t32-,33+,34-,37?,38?/m0/s1. The summed E-state index contributed by atoms with van der Waals surface area (Å²) in [6.07, 6.45) is 13.3. The molecule has 18 nitrogen and oxygen atoms in total. The average molecular weight is 886 g/mol. The van der Waals surface area contributed by atoms with E-state index < -0.39 is 0 Å². The number of hydrogen-bond donors (Lipinski definition) is 1. The number of methoxy groups -OCH3 is 1. The van der Waals surface area contributed by atoms with Crippen LogP contribution in [0.25, 0.3) is 11.1 Å². The SMILES string of the molecule is COCCOCCOCCOCCOCCOCCOc1nn(C2CCC(N3C[C@@H](C)O[C@@H](C)C3)CC2)cc1Nc1ncc(-c2ccc(Cl)c(O[C@@H](C)Cn3cncn3)c2)cn1. The molecule has 3 atom stereocenters. The normalized spacial score (nSPS) is 20.0. The summed E-state index contributed by atoms with van der Waals surface area (Å²) in [4.78, 5) is 15.9. The maximum absolute atomic E-state index is 6.51. The number of nitrogens with one attached hydrogen (secondary N) is 1. The van der Waals surface area contributed by atoms with E-state index in [0.717, 1.165) is 49.9 Å². The minimum atomic E-state index is -0.186. The van der Waals surface area contributed by atoms with Crippen LogP contribution in [0.1, 0.15) is 52.5 Å². The quantitative estimate of drug-likeness (QED) is 0.0709. The monoisotopic (exact) mass is 885 g/mol. The van der Waals surface area contributed by atoms with Crippen LogP contribution in [0.4, 0.5) is 11.6 Å². The summed E-state index contributed by atoms with van der Waals surface area (Å²) in [5.41, 5.74) is 2.36. The summed E-state index contributed by atoms with van der Waals surface area (Å²) < 4.78 is 54.9. The predicted octanol–water partition coefficient (Wildman–Crippen LogP) is 5.50. The zero-order chi connectivity index (χ0) is 43.4. The molecule has 0 spiro atoms. The topological polar surface area (TPSA) is 173 Å². The van der Waals surface area contributed by atoms with Crippen molar-refractivity contribution < 1.29 is 42.6 Å². The minimum Gasteiger partial charge on any atom is -0.487 e. The van der Waals surface area contributed by atoms with Crippen LogP contribution in [0.3, 0.4) is 0 Å². The Morgan fingerprint density at radius 1 is 0.790 bits per heavy atom. The lowest BCUT2D eigenvalue weighted by atomic mass is 9.89. The van der Waals surface area contributed by atoms with E-state index in [9.17, 15) is 0 Å². The molecule has 2 aliphatic rings. The Hall–Kier alpha value is -3.98. The number of ether oxygens (including phenoxy) is 9. The van der Waals surface area contributed by atoms with Crippen LogP contribution in [0.2, 0.25) is 5.02 Å². The molecule has 19 heteroatoms. The van der Waals surface area contributed by atoms with E-state index in [-0.39, 0.29) is 24.4 Å². The highest BCUT2D eigenvalue weighted by molar-refractivity contribution is 6.32. The van der Waals surface area contributed by atoms with E-state index in [1.54, 1.807) is 30.5 Å². The predicted molar refractivity (Wildman–Crippen MR) is 232 cm³/mol. The summed E-state index contributed by atoms with van der Waals surface area (Å²) in [6.45, 7) is 14.5. The van der Waals surface area contributed by atoms with Gasteiger partial charge < -0.3 is 47.9 Å². The molecule has 62 heavy (non-hydrogen) atoms. The number of rotatable bonds is 28. The summed E-state index contributed by atoms with van der Waals surface area (Å²) in [5.74, 6) is 1.44. The number of anilines is 2. The fourth-order valence-electron chi connectivity index (χ4n) is 7.56. The van der Waals surface area contributed by atoms with Gasteiger partial charge in [0.25, 0.3) is 5.88 Å². The molecule has 0 bridgehead atoms. The zero-order valence-corrected chi connectivity index (χ0v) is 37.3. The molecule has 2 fully saturated rings. The van der Waals surface area contributed by atoms with Crippen molar-refractivity contribution in [3.63, 3.8) is 0 Å². The fraction of sp³-hybridized carbons (Fsp3) is 0.651. The van der Waals surface area contributed by atoms with Gasteiger partial charge in [0.15, 0.2) is 0 Å². The molecular formula is C43H64ClN9O9. The Morgan fingerprint density at radius 3 is 1.98 bits per heavy atom. The van der Waals surface area contributed by atoms with Crippen molar-refractivity contribution in [3.8, 4) is 22.8 Å². The fourth-order valence-corrected chi connectivity index (χ4v) is 7.72. The second-order valence-corrected chi connectivity index (χ2v) is 15.9. The minimum absolute atomic E-state index is 0.186. The first-order valence-electron chi connectivity index (χ1n) is 21.7. The van der Waals surface area contributed by atoms with Crippen molar-refractivity contribution in [1.29, 1.82) is 0 Å². The van der Waals surface area contributed by atoms with Gasteiger partial charge in [-0.3, -0.25) is 9.58 Å². The molecular weight excluding hydrogens is 822 g/mol. The molecule has 3 aromatic heterocycles. The Kier molecular flexibility index (Phi) is 19.9. The Labute approximate surface area is 369 Å². The van der Waals surface area contributed by atoms with Gasteiger partial charge in [-0.1, -0.05) is 17.7 Å². The number of halogens is 1. The van der Waals surface area contributed by atoms with E-state index in [4.69, 9.17) is 59.3 Å². The lowest BCUT2D eigenvalue weighted by Crippen LogP contribution is -2.51. The molecule has 4 heterocycles. The van der Waals surface area contributed by atoms with Crippen LogP contribution >= 0.6 is 11.6 Å². The van der Waals surface area contributed by atoms with Crippen LogP contribution < -0.4 is 14.8 Å². The lowest BCUT2D eigenvalue weighted by molar-refractivity contribution is -0.0852. The van der Waals surface area contributed by atoms with Crippen LogP contribution in [-0.4, -0.2) is 163 Å². The first kappa shape index (κ1) is 47.5. The number of benzene rings is 1. The van der Waals surface area contributed by atoms with E-state index in [1.807, 2.05) is 36.0 Å². The van der Waals surface area contributed by atoms with Crippen molar-refractivity contribution in [2.75, 3.05) is 105 Å². The highest BCUT2D eigenvalue weighted by Gasteiger charge is 2.32. The third-order valence-corrected chi connectivity index (χ3v) is 10.8. The molecule has 4 aromatic rings. The van der Waals surface area contributed by atoms with Crippen molar-refractivity contribution in [1.82, 2.24) is 39.4 Å². The third kappa shape index (κ3) is 15.7. The van der Waals surface area contributed by atoms with Crippen LogP contribution in [0.5, 0.6) is 11.6 Å². The number of morpholine rings is 1. The lowest BCUT2D eigenvalue weighted by Gasteiger charge is -2.42. The number of aromatic nitrogens is 7. The maximum atomic E-state index is 6.51. The molecule has 0 radical (unpaired) electrons. The molecule has 1 N–H and O–H groups in total. The van der Waals surface area contributed by atoms with Crippen LogP contribution in [-0.2, 0) is 39.7 Å². The number of nitrogens with zero attached hydrogens (tertiary/aromatic N) is 8. The van der Waals surface area contributed by atoms with Gasteiger partial charge in [-0.15, -0.1) is 5.10 Å². The second-order valence-electron chi connectivity index (χ2n) is 15.5. The summed E-state index contributed by atoms with van der Waals surface area (Å²) in [5, 5.41) is 13.0. The van der Waals surface area contributed by atoms with Crippen LogP contribution in [0.15, 0.2) is 49.4 Å². The van der Waals surface area contributed by atoms with E-state index in [0.29, 0.717) is 120 Å². The summed E-state index contributed by atoms with van der Waals surface area (Å²) in [6, 6.07) is 6.42. The largest absolute Gasteiger partial charge is 0.487 e. The number of hydrogen-bond acceptors (Lipinski definition) is 16. The molecule has 0 amide bonds. The molecule has 1 aliphatic carbocycles. The zero-order valence-electron chi connectivity index (χ0n) is 36.6. The highest BCUT2D eigenvalue weighted by atomic mass is 35.5. The average Bonchev–Trinajstić information content (AvgIpc) is 3.94. The Bertz CT molecular complexity index is 1820. The van der Waals surface area contributed by atoms with E-state index in [2.05, 4.69) is 44.1 Å². The first-order chi connectivity index (χ1) is 30.3. The van der Waals surface area contributed by atoms with E-state index >= 15 is 0 Å². The van der Waals surface area contributed by atoms with E-state index in [1.165, 1.54) is 6.33 Å². The van der Waals surface area contributed by atoms with Gasteiger partial charge in [-0.25, -0.2) is 19.6 Å². The molecule has 0 unspecified atom stereocenters. The summed E-state index contributed by atoms with van der Waals surface area (Å²) in [7, 11) is 1.65.